The molecule has 1 saturated heterocycles. The lowest BCUT2D eigenvalue weighted by atomic mass is 9.93. The number of ketones is 1. The number of aliphatic hydroxyl groups excluding tert-OH is 1. The first kappa shape index (κ1) is 22.3. The second kappa shape index (κ2) is 8.36. The van der Waals surface area contributed by atoms with E-state index in [1.54, 1.807) is 30.5 Å². The summed E-state index contributed by atoms with van der Waals surface area (Å²) >= 11 is 0. The Balaban J connectivity index is 1.84. The number of ether oxygens (including phenoxy) is 1. The van der Waals surface area contributed by atoms with E-state index in [1.807, 2.05) is 44.2 Å². The first-order valence-electron chi connectivity index (χ1n) is 11.1. The van der Waals surface area contributed by atoms with Gasteiger partial charge in [-0.15, -0.1) is 0 Å². The molecule has 0 radical (unpaired) electrons. The Hall–Kier alpha value is -4.52. The van der Waals surface area contributed by atoms with Crippen LogP contribution >= 0.6 is 0 Å². The standard InChI is InChI=1S/C28H24N2O5/c1-15-12-16(2)27(35-3)18(13-15)25(32)23-24(19-14-29-20-9-5-4-8-17(19)20)30(28(34)26(23)33)21-10-6-7-11-22(21)31/h4-14,24,29,31-32H,1-3H3/b25-23+. The number of H-pyrrole nitrogens is 1. The molecule has 3 aromatic carbocycles. The zero-order chi connectivity index (χ0) is 24.9. The number of aliphatic hydroxyl groups is 1. The van der Waals surface area contributed by atoms with Crippen LogP contribution in [0.25, 0.3) is 16.7 Å². The van der Waals surface area contributed by atoms with Crippen molar-refractivity contribution in [3.63, 3.8) is 0 Å². The molecule has 1 atom stereocenters. The molecule has 1 unspecified atom stereocenters. The highest BCUT2D eigenvalue weighted by Gasteiger charge is 2.48. The number of Topliss-reactive ketones (excluding diaryl/α,β-unsaturated/α-hetero) is 1. The van der Waals surface area contributed by atoms with E-state index in [1.165, 1.54) is 18.1 Å². The van der Waals surface area contributed by atoms with Crippen LogP contribution in [-0.2, 0) is 9.59 Å². The molecule has 176 valence electrons. The normalized spacial score (nSPS) is 17.3. The third-order valence-electron chi connectivity index (χ3n) is 6.38. The maximum absolute atomic E-state index is 13.5. The van der Waals surface area contributed by atoms with E-state index in [0.29, 0.717) is 16.9 Å². The van der Waals surface area contributed by atoms with E-state index in [2.05, 4.69) is 4.98 Å². The molecule has 0 saturated carbocycles. The van der Waals surface area contributed by atoms with Crippen LogP contribution in [0.15, 0.2) is 72.4 Å². The zero-order valence-corrected chi connectivity index (χ0v) is 19.5. The summed E-state index contributed by atoms with van der Waals surface area (Å²) in [5.41, 5.74) is 3.51. The number of benzene rings is 3. The molecule has 35 heavy (non-hydrogen) atoms. The Morgan fingerprint density at radius 3 is 2.49 bits per heavy atom. The Labute approximate surface area is 201 Å². The van der Waals surface area contributed by atoms with Gasteiger partial charge in [-0.25, -0.2) is 0 Å². The number of rotatable bonds is 4. The van der Waals surface area contributed by atoms with Crippen LogP contribution in [-0.4, -0.2) is 34.0 Å². The Bertz CT molecular complexity index is 1530. The fourth-order valence-corrected chi connectivity index (χ4v) is 4.91. The number of hydrogen-bond acceptors (Lipinski definition) is 5. The Kier molecular flexibility index (Phi) is 5.32. The molecule has 1 aliphatic heterocycles. The van der Waals surface area contributed by atoms with Crippen molar-refractivity contribution in [1.29, 1.82) is 0 Å². The van der Waals surface area contributed by atoms with Gasteiger partial charge in [0, 0.05) is 22.7 Å². The molecule has 0 spiro atoms. The summed E-state index contributed by atoms with van der Waals surface area (Å²) in [7, 11) is 1.49. The van der Waals surface area contributed by atoms with Crippen LogP contribution in [0.4, 0.5) is 5.69 Å². The van der Waals surface area contributed by atoms with Gasteiger partial charge in [0.1, 0.15) is 17.3 Å². The fraction of sp³-hybridized carbons (Fsp3) is 0.143. The average Bonchev–Trinajstić information content (AvgIpc) is 3.37. The number of aromatic nitrogens is 1. The van der Waals surface area contributed by atoms with Crippen LogP contribution in [0.1, 0.15) is 28.3 Å². The molecule has 1 aromatic heterocycles. The fourth-order valence-electron chi connectivity index (χ4n) is 4.91. The topological polar surface area (TPSA) is 103 Å². The number of amides is 1. The lowest BCUT2D eigenvalue weighted by molar-refractivity contribution is -0.132. The van der Waals surface area contributed by atoms with Crippen LogP contribution < -0.4 is 9.64 Å². The molecule has 3 N–H and O–H groups in total. The second-order valence-corrected chi connectivity index (χ2v) is 8.61. The van der Waals surface area contributed by atoms with Gasteiger partial charge in [0.25, 0.3) is 11.7 Å². The smallest absolute Gasteiger partial charge is 0.300 e. The number of fused-ring (bicyclic) bond motifs is 1. The third-order valence-corrected chi connectivity index (χ3v) is 6.38. The van der Waals surface area contributed by atoms with Crippen molar-refractivity contribution >= 4 is 34.0 Å². The van der Waals surface area contributed by atoms with Crippen molar-refractivity contribution in [2.24, 2.45) is 0 Å². The minimum Gasteiger partial charge on any atom is -0.507 e. The molecular formula is C28H24N2O5. The largest absolute Gasteiger partial charge is 0.507 e. The van der Waals surface area contributed by atoms with Crippen LogP contribution in [0, 0.1) is 13.8 Å². The molecule has 4 aromatic rings. The molecular weight excluding hydrogens is 444 g/mol. The number of phenolic OH excluding ortho intramolecular Hbond substituents is 1. The first-order valence-corrected chi connectivity index (χ1v) is 11.1. The van der Waals surface area contributed by atoms with Crippen LogP contribution in [0.3, 0.4) is 0 Å². The van der Waals surface area contributed by atoms with Crippen molar-refractivity contribution in [3.05, 3.63) is 94.7 Å². The lowest BCUT2D eigenvalue weighted by Crippen LogP contribution is -2.29. The number of methoxy groups -OCH3 is 1. The van der Waals surface area contributed by atoms with E-state index in [9.17, 15) is 19.8 Å². The summed E-state index contributed by atoms with van der Waals surface area (Å²) in [5, 5.41) is 23.0. The van der Waals surface area contributed by atoms with Crippen LogP contribution in [0.2, 0.25) is 0 Å². The number of para-hydroxylation sites is 3. The number of aromatic amines is 1. The first-order chi connectivity index (χ1) is 16.8. The molecule has 7 heteroatoms. The van der Waals surface area contributed by atoms with Gasteiger partial charge in [-0.05, 0) is 49.2 Å². The summed E-state index contributed by atoms with van der Waals surface area (Å²) in [5.74, 6) is -1.75. The van der Waals surface area contributed by atoms with Crippen LogP contribution in [0.5, 0.6) is 11.5 Å². The van der Waals surface area contributed by atoms with Crippen molar-refractivity contribution in [1.82, 2.24) is 4.98 Å². The average molecular weight is 469 g/mol. The Morgan fingerprint density at radius 1 is 1.03 bits per heavy atom. The van der Waals surface area contributed by atoms with E-state index >= 15 is 0 Å². The summed E-state index contributed by atoms with van der Waals surface area (Å²) in [6.45, 7) is 3.72. The van der Waals surface area contributed by atoms with Crippen molar-refractivity contribution < 1.29 is 24.5 Å². The van der Waals surface area contributed by atoms with Gasteiger partial charge in [-0.1, -0.05) is 36.4 Å². The maximum Gasteiger partial charge on any atom is 0.300 e. The Morgan fingerprint density at radius 2 is 1.74 bits per heavy atom. The lowest BCUT2D eigenvalue weighted by Gasteiger charge is -2.25. The van der Waals surface area contributed by atoms with E-state index in [4.69, 9.17) is 4.74 Å². The minimum absolute atomic E-state index is 0.0775. The summed E-state index contributed by atoms with van der Waals surface area (Å²) < 4.78 is 5.55. The number of aromatic hydroxyl groups is 1. The van der Waals surface area contributed by atoms with E-state index < -0.39 is 17.7 Å². The molecule has 0 aliphatic carbocycles. The molecule has 5 rings (SSSR count). The summed E-state index contributed by atoms with van der Waals surface area (Å²) in [4.78, 5) is 31.3. The summed E-state index contributed by atoms with van der Waals surface area (Å²) in [6, 6.07) is 16.5. The van der Waals surface area contributed by atoms with E-state index in [-0.39, 0.29) is 22.8 Å². The van der Waals surface area contributed by atoms with Crippen molar-refractivity contribution in [3.8, 4) is 11.5 Å². The van der Waals surface area contributed by atoms with Gasteiger partial charge in [0.15, 0.2) is 0 Å². The SMILES string of the molecule is COc1c(C)cc(C)cc1/C(O)=C1\C(=O)C(=O)N(c2ccccc2O)C1c1c[nH]c2ccccc12. The van der Waals surface area contributed by atoms with Gasteiger partial charge < -0.3 is 19.9 Å². The molecule has 1 fully saturated rings. The monoisotopic (exact) mass is 468 g/mol. The number of nitrogens with zero attached hydrogens (tertiary/aromatic N) is 1. The molecule has 1 amide bonds. The van der Waals surface area contributed by atoms with Gasteiger partial charge in [-0.3, -0.25) is 14.5 Å². The second-order valence-electron chi connectivity index (χ2n) is 8.61. The van der Waals surface area contributed by atoms with Gasteiger partial charge in [0.05, 0.1) is 30.0 Å². The number of carbonyl (C=O) groups is 2. The number of carbonyl (C=O) groups excluding carboxylic acids is 2. The van der Waals surface area contributed by atoms with E-state index in [0.717, 1.165) is 22.0 Å². The molecule has 2 heterocycles. The van der Waals surface area contributed by atoms with Gasteiger partial charge in [-0.2, -0.15) is 0 Å². The number of nitrogens with one attached hydrogen (secondary N) is 1. The van der Waals surface area contributed by atoms with Gasteiger partial charge >= 0.3 is 0 Å². The number of phenols is 1. The molecule has 1 aliphatic rings. The number of hydrogen-bond donors (Lipinski definition) is 3. The number of aryl methyl sites for hydroxylation is 2. The van der Waals surface area contributed by atoms with Gasteiger partial charge in [0.2, 0.25) is 0 Å². The molecule has 0 bridgehead atoms. The van der Waals surface area contributed by atoms with Crippen molar-refractivity contribution in [2.75, 3.05) is 12.0 Å². The predicted molar refractivity (Wildman–Crippen MR) is 134 cm³/mol. The minimum atomic E-state index is -0.982. The highest BCUT2D eigenvalue weighted by molar-refractivity contribution is 6.52. The highest BCUT2D eigenvalue weighted by atomic mass is 16.5. The van der Waals surface area contributed by atoms with Crippen molar-refractivity contribution in [2.45, 2.75) is 19.9 Å². The third kappa shape index (κ3) is 3.44. The quantitative estimate of drug-likeness (QED) is 0.219. The zero-order valence-electron chi connectivity index (χ0n) is 19.5. The highest BCUT2D eigenvalue weighted by Crippen LogP contribution is 2.47. The molecule has 7 nitrogen and oxygen atoms in total. The summed E-state index contributed by atoms with van der Waals surface area (Å²) in [6.07, 6.45) is 1.72. The predicted octanol–water partition coefficient (Wildman–Crippen LogP) is 5.13. The maximum atomic E-state index is 13.5. The number of anilines is 1.